The van der Waals surface area contributed by atoms with Crippen LogP contribution in [0.15, 0.2) is 47.3 Å². The first-order chi connectivity index (χ1) is 14.9. The Morgan fingerprint density at radius 2 is 1.77 bits per heavy atom. The van der Waals surface area contributed by atoms with Crippen LogP contribution >= 0.6 is 0 Å². The number of aryl methyl sites for hydroxylation is 2. The fraction of sp³-hybridized carbons (Fsp3) is 0.318. The second-order valence-corrected chi connectivity index (χ2v) is 7.50. The standard InChI is InChI=1S/C22H23N5O4/c1-3-26-20-9-4-16(14-19(20)23-15(2)21(26)28)22(29)25-12-10-24(11-13-25)17-5-7-18(8-6-17)27(30)31/h4-9,14H,3,10-13H2,1-2H3. The summed E-state index contributed by atoms with van der Waals surface area (Å²) in [5.74, 6) is -0.0704. The third-order valence-electron chi connectivity index (χ3n) is 5.66. The fourth-order valence-electron chi connectivity index (χ4n) is 3.96. The van der Waals surface area contributed by atoms with Crippen LogP contribution in [0.4, 0.5) is 11.4 Å². The van der Waals surface area contributed by atoms with Gasteiger partial charge in [0.25, 0.3) is 17.2 Å². The minimum Gasteiger partial charge on any atom is -0.368 e. The topological polar surface area (TPSA) is 102 Å². The van der Waals surface area contributed by atoms with Gasteiger partial charge in [-0.1, -0.05) is 0 Å². The zero-order chi connectivity index (χ0) is 22.1. The Morgan fingerprint density at radius 3 is 2.39 bits per heavy atom. The maximum absolute atomic E-state index is 13.0. The van der Waals surface area contributed by atoms with E-state index < -0.39 is 4.92 Å². The van der Waals surface area contributed by atoms with Gasteiger partial charge in [-0.25, -0.2) is 4.98 Å². The monoisotopic (exact) mass is 421 g/mol. The molecule has 160 valence electrons. The highest BCUT2D eigenvalue weighted by Gasteiger charge is 2.23. The molecule has 31 heavy (non-hydrogen) atoms. The van der Waals surface area contributed by atoms with Crippen molar-refractivity contribution in [3.05, 3.63) is 74.2 Å². The molecule has 2 aromatic carbocycles. The fourth-order valence-corrected chi connectivity index (χ4v) is 3.96. The number of benzene rings is 2. The number of non-ortho nitro benzene ring substituents is 1. The van der Waals surface area contributed by atoms with E-state index in [-0.39, 0.29) is 17.2 Å². The first kappa shape index (κ1) is 20.5. The van der Waals surface area contributed by atoms with E-state index in [0.717, 1.165) is 11.2 Å². The average molecular weight is 421 g/mol. The summed E-state index contributed by atoms with van der Waals surface area (Å²) in [4.78, 5) is 44.0. The van der Waals surface area contributed by atoms with E-state index in [1.807, 2.05) is 6.92 Å². The number of nitrogens with zero attached hydrogens (tertiary/aromatic N) is 5. The molecule has 3 aromatic rings. The molecule has 1 fully saturated rings. The predicted octanol–water partition coefficient (Wildman–Crippen LogP) is 2.60. The highest BCUT2D eigenvalue weighted by Crippen LogP contribution is 2.22. The van der Waals surface area contributed by atoms with E-state index in [4.69, 9.17) is 0 Å². The highest BCUT2D eigenvalue weighted by molar-refractivity contribution is 5.97. The zero-order valence-corrected chi connectivity index (χ0v) is 17.4. The zero-order valence-electron chi connectivity index (χ0n) is 17.4. The van der Waals surface area contributed by atoms with Gasteiger partial charge in [0.05, 0.1) is 16.0 Å². The molecule has 1 aliphatic heterocycles. The van der Waals surface area contributed by atoms with Crippen molar-refractivity contribution in [1.82, 2.24) is 14.5 Å². The van der Waals surface area contributed by atoms with Crippen molar-refractivity contribution in [1.29, 1.82) is 0 Å². The largest absolute Gasteiger partial charge is 0.368 e. The lowest BCUT2D eigenvalue weighted by Gasteiger charge is -2.36. The molecule has 1 saturated heterocycles. The molecule has 2 heterocycles. The number of aromatic nitrogens is 2. The molecule has 1 aromatic heterocycles. The molecule has 0 saturated carbocycles. The molecule has 4 rings (SSSR count). The summed E-state index contributed by atoms with van der Waals surface area (Å²) in [6.45, 7) is 6.51. The lowest BCUT2D eigenvalue weighted by Crippen LogP contribution is -2.48. The minimum atomic E-state index is -0.417. The molecule has 0 atom stereocenters. The number of hydrogen-bond acceptors (Lipinski definition) is 6. The molecule has 1 aliphatic rings. The Kier molecular flexibility index (Phi) is 5.41. The maximum Gasteiger partial charge on any atom is 0.272 e. The maximum atomic E-state index is 13.0. The van der Waals surface area contributed by atoms with Gasteiger partial charge in [-0.15, -0.1) is 0 Å². The normalized spacial score (nSPS) is 14.1. The molecule has 0 spiro atoms. The summed E-state index contributed by atoms with van der Waals surface area (Å²) in [7, 11) is 0. The summed E-state index contributed by atoms with van der Waals surface area (Å²) in [5, 5.41) is 10.8. The molecule has 0 unspecified atom stereocenters. The van der Waals surface area contributed by atoms with Crippen molar-refractivity contribution in [3.8, 4) is 0 Å². The molecule has 9 nitrogen and oxygen atoms in total. The number of piperazine rings is 1. The number of nitro groups is 1. The van der Waals surface area contributed by atoms with Crippen LogP contribution in [0, 0.1) is 17.0 Å². The number of carbonyl (C=O) groups is 1. The van der Waals surface area contributed by atoms with E-state index in [1.165, 1.54) is 12.1 Å². The van der Waals surface area contributed by atoms with Crippen molar-refractivity contribution in [2.75, 3.05) is 31.1 Å². The molecule has 9 heteroatoms. The highest BCUT2D eigenvalue weighted by atomic mass is 16.6. The van der Waals surface area contributed by atoms with Gasteiger partial charge >= 0.3 is 0 Å². The van der Waals surface area contributed by atoms with Gasteiger partial charge < -0.3 is 14.4 Å². The summed E-state index contributed by atoms with van der Waals surface area (Å²) >= 11 is 0. The van der Waals surface area contributed by atoms with Crippen molar-refractivity contribution < 1.29 is 9.72 Å². The van der Waals surface area contributed by atoms with Crippen molar-refractivity contribution in [2.24, 2.45) is 0 Å². The van der Waals surface area contributed by atoms with Gasteiger partial charge in [0.1, 0.15) is 5.69 Å². The van der Waals surface area contributed by atoms with E-state index in [1.54, 1.807) is 46.7 Å². The summed E-state index contributed by atoms with van der Waals surface area (Å²) < 4.78 is 1.66. The molecule has 0 aliphatic carbocycles. The molecule has 0 N–H and O–H groups in total. The smallest absolute Gasteiger partial charge is 0.272 e. The Balaban J connectivity index is 1.49. The lowest BCUT2D eigenvalue weighted by molar-refractivity contribution is -0.384. The van der Waals surface area contributed by atoms with Crippen molar-refractivity contribution >= 4 is 28.3 Å². The third kappa shape index (κ3) is 3.86. The Morgan fingerprint density at radius 1 is 1.10 bits per heavy atom. The quantitative estimate of drug-likeness (QED) is 0.474. The van der Waals surface area contributed by atoms with Gasteiger partial charge in [0.2, 0.25) is 0 Å². The molecular formula is C22H23N5O4. The number of carbonyl (C=O) groups excluding carboxylic acids is 1. The summed E-state index contributed by atoms with van der Waals surface area (Å²) in [6, 6.07) is 11.7. The predicted molar refractivity (Wildman–Crippen MR) is 118 cm³/mol. The average Bonchev–Trinajstić information content (AvgIpc) is 2.79. The summed E-state index contributed by atoms with van der Waals surface area (Å²) in [6.07, 6.45) is 0. The van der Waals surface area contributed by atoms with Crippen LogP contribution in [-0.4, -0.2) is 51.5 Å². The lowest BCUT2D eigenvalue weighted by atomic mass is 10.1. The van der Waals surface area contributed by atoms with E-state index in [0.29, 0.717) is 49.5 Å². The van der Waals surface area contributed by atoms with E-state index in [2.05, 4.69) is 9.88 Å². The van der Waals surface area contributed by atoms with Gasteiger partial charge in [-0.2, -0.15) is 0 Å². The van der Waals surface area contributed by atoms with Gasteiger partial charge in [-0.3, -0.25) is 19.7 Å². The van der Waals surface area contributed by atoms with Crippen LogP contribution in [0.1, 0.15) is 23.0 Å². The van der Waals surface area contributed by atoms with E-state index in [9.17, 15) is 19.7 Å². The number of fused-ring (bicyclic) bond motifs is 1. The Labute approximate surface area is 178 Å². The van der Waals surface area contributed by atoms with Crippen LogP contribution in [0.3, 0.4) is 0 Å². The number of nitro benzene ring substituents is 1. The van der Waals surface area contributed by atoms with Gasteiger partial charge in [0.15, 0.2) is 0 Å². The van der Waals surface area contributed by atoms with Gasteiger partial charge in [0, 0.05) is 56.1 Å². The van der Waals surface area contributed by atoms with Crippen LogP contribution in [0.25, 0.3) is 11.0 Å². The van der Waals surface area contributed by atoms with Crippen LogP contribution in [0.2, 0.25) is 0 Å². The van der Waals surface area contributed by atoms with Crippen LogP contribution < -0.4 is 10.5 Å². The first-order valence-electron chi connectivity index (χ1n) is 10.2. The number of rotatable bonds is 4. The Bertz CT molecular complexity index is 1210. The molecular weight excluding hydrogens is 398 g/mol. The van der Waals surface area contributed by atoms with Crippen LogP contribution in [0.5, 0.6) is 0 Å². The first-order valence-corrected chi connectivity index (χ1v) is 10.2. The Hall–Kier alpha value is -3.75. The van der Waals surface area contributed by atoms with E-state index >= 15 is 0 Å². The molecule has 0 bridgehead atoms. The third-order valence-corrected chi connectivity index (χ3v) is 5.66. The molecule has 0 radical (unpaired) electrons. The molecule has 1 amide bonds. The number of anilines is 1. The minimum absolute atomic E-state index is 0.0613. The SMILES string of the molecule is CCn1c(=O)c(C)nc2cc(C(=O)N3CCN(c4ccc([N+](=O)[O-])cc4)CC3)ccc21. The van der Waals surface area contributed by atoms with Crippen molar-refractivity contribution in [3.63, 3.8) is 0 Å². The summed E-state index contributed by atoms with van der Waals surface area (Å²) in [5.41, 5.74) is 3.16. The second kappa shape index (κ2) is 8.17. The number of amides is 1. The van der Waals surface area contributed by atoms with Crippen LogP contribution in [-0.2, 0) is 6.54 Å². The second-order valence-electron chi connectivity index (χ2n) is 7.50. The number of hydrogen-bond donors (Lipinski definition) is 0. The van der Waals surface area contributed by atoms with Crippen molar-refractivity contribution in [2.45, 2.75) is 20.4 Å². The van der Waals surface area contributed by atoms with Gasteiger partial charge in [-0.05, 0) is 44.2 Å².